The number of hydrogen-bond donors (Lipinski definition) is 1. The highest BCUT2D eigenvalue weighted by Gasteiger charge is 1.95. The predicted octanol–water partition coefficient (Wildman–Crippen LogP) is 1.09. The van der Waals surface area contributed by atoms with Crippen molar-refractivity contribution in [2.45, 2.75) is 6.61 Å². The number of nitrogens with zero attached hydrogens (tertiary/aromatic N) is 2. The van der Waals surface area contributed by atoms with Crippen molar-refractivity contribution in [1.82, 2.24) is 9.94 Å². The Morgan fingerprint density at radius 1 is 1.21 bits per heavy atom. The Balaban J connectivity index is 1.95. The highest BCUT2D eigenvalue weighted by atomic mass is 16.7. The lowest BCUT2D eigenvalue weighted by Crippen LogP contribution is -2.11. The van der Waals surface area contributed by atoms with Crippen LogP contribution in [-0.2, 0) is 6.61 Å². The number of rotatable bonds is 3. The molecule has 0 unspecified atom stereocenters. The Morgan fingerprint density at radius 3 is 2.64 bits per heavy atom. The van der Waals surface area contributed by atoms with E-state index in [0.717, 1.165) is 5.56 Å². The molecule has 0 aliphatic carbocycles. The average Bonchev–Trinajstić information content (AvgIpc) is 2.63. The van der Waals surface area contributed by atoms with E-state index in [2.05, 4.69) is 5.10 Å². The number of nitrogen functional groups attached to an aromatic ring is 1. The first-order valence-electron chi connectivity index (χ1n) is 4.33. The second-order valence-corrected chi connectivity index (χ2v) is 2.90. The first-order chi connectivity index (χ1) is 6.84. The van der Waals surface area contributed by atoms with E-state index in [1.807, 2.05) is 30.3 Å². The SMILES string of the molecule is Nc1ccn(OCc2ccccc2)n1. The summed E-state index contributed by atoms with van der Waals surface area (Å²) in [6, 6.07) is 11.6. The number of anilines is 1. The van der Waals surface area contributed by atoms with Crippen LogP contribution in [0, 0.1) is 0 Å². The van der Waals surface area contributed by atoms with Crippen LogP contribution >= 0.6 is 0 Å². The molecule has 0 radical (unpaired) electrons. The summed E-state index contributed by atoms with van der Waals surface area (Å²) in [5, 5.41) is 3.90. The van der Waals surface area contributed by atoms with E-state index in [1.165, 1.54) is 4.85 Å². The van der Waals surface area contributed by atoms with E-state index in [4.69, 9.17) is 10.6 Å². The number of aromatic nitrogens is 2. The lowest BCUT2D eigenvalue weighted by molar-refractivity contribution is 0.0707. The maximum absolute atomic E-state index is 5.44. The third kappa shape index (κ3) is 2.04. The van der Waals surface area contributed by atoms with Gasteiger partial charge >= 0.3 is 0 Å². The van der Waals surface area contributed by atoms with Gasteiger partial charge in [-0.15, -0.1) is 9.94 Å². The van der Waals surface area contributed by atoms with Gasteiger partial charge in [-0.25, -0.2) is 0 Å². The lowest BCUT2D eigenvalue weighted by atomic mass is 10.2. The van der Waals surface area contributed by atoms with E-state index >= 15 is 0 Å². The minimum atomic E-state index is 0.457. The Morgan fingerprint density at radius 2 is 2.00 bits per heavy atom. The molecule has 0 amide bonds. The summed E-state index contributed by atoms with van der Waals surface area (Å²) in [5.74, 6) is 0.457. The smallest absolute Gasteiger partial charge is 0.149 e. The zero-order valence-corrected chi connectivity index (χ0v) is 7.63. The van der Waals surface area contributed by atoms with Crippen molar-refractivity contribution < 1.29 is 4.84 Å². The van der Waals surface area contributed by atoms with Gasteiger partial charge in [0.15, 0.2) is 0 Å². The molecular formula is C10H11N3O. The molecule has 1 aromatic carbocycles. The molecule has 1 heterocycles. The Labute approximate surface area is 81.9 Å². The third-order valence-electron chi connectivity index (χ3n) is 1.79. The monoisotopic (exact) mass is 189 g/mol. The maximum Gasteiger partial charge on any atom is 0.149 e. The van der Waals surface area contributed by atoms with Crippen LogP contribution in [0.5, 0.6) is 0 Å². The summed E-state index contributed by atoms with van der Waals surface area (Å²) in [5.41, 5.74) is 6.53. The van der Waals surface area contributed by atoms with Crippen LogP contribution in [0.2, 0.25) is 0 Å². The van der Waals surface area contributed by atoms with Crippen molar-refractivity contribution in [2.24, 2.45) is 0 Å². The summed E-state index contributed by atoms with van der Waals surface area (Å²) in [4.78, 5) is 6.70. The minimum absolute atomic E-state index is 0.457. The van der Waals surface area contributed by atoms with Crippen LogP contribution in [0.1, 0.15) is 5.56 Å². The third-order valence-corrected chi connectivity index (χ3v) is 1.79. The van der Waals surface area contributed by atoms with Gasteiger partial charge in [-0.3, -0.25) is 0 Å². The lowest BCUT2D eigenvalue weighted by Gasteiger charge is -2.03. The predicted molar refractivity (Wildman–Crippen MR) is 53.4 cm³/mol. The summed E-state index contributed by atoms with van der Waals surface area (Å²) >= 11 is 0. The van der Waals surface area contributed by atoms with Crippen molar-refractivity contribution >= 4 is 5.82 Å². The molecule has 4 heteroatoms. The molecular weight excluding hydrogens is 178 g/mol. The standard InChI is InChI=1S/C10H11N3O/c11-10-6-7-13(12-10)14-8-9-4-2-1-3-5-9/h1-7H,8H2,(H2,11,12). The molecule has 2 N–H and O–H groups in total. The minimum Gasteiger partial charge on any atom is -0.392 e. The van der Waals surface area contributed by atoms with E-state index in [-0.39, 0.29) is 0 Å². The number of hydrogen-bond acceptors (Lipinski definition) is 3. The molecule has 2 aromatic rings. The van der Waals surface area contributed by atoms with Crippen molar-refractivity contribution in [3.8, 4) is 0 Å². The van der Waals surface area contributed by atoms with Gasteiger partial charge in [0.05, 0.1) is 6.20 Å². The molecule has 2 rings (SSSR count). The van der Waals surface area contributed by atoms with Crippen LogP contribution in [0.15, 0.2) is 42.6 Å². The second kappa shape index (κ2) is 3.83. The molecule has 0 saturated carbocycles. The number of benzene rings is 1. The molecule has 0 aliphatic heterocycles. The molecule has 0 aliphatic rings. The topological polar surface area (TPSA) is 53.1 Å². The molecule has 0 bridgehead atoms. The molecule has 4 nitrogen and oxygen atoms in total. The van der Waals surface area contributed by atoms with Gasteiger partial charge in [0.2, 0.25) is 0 Å². The summed E-state index contributed by atoms with van der Waals surface area (Å²) < 4.78 is 0. The van der Waals surface area contributed by atoms with Gasteiger partial charge in [0.25, 0.3) is 0 Å². The highest BCUT2D eigenvalue weighted by molar-refractivity contribution is 5.23. The van der Waals surface area contributed by atoms with Crippen LogP contribution in [0.4, 0.5) is 5.82 Å². The zero-order valence-electron chi connectivity index (χ0n) is 7.63. The van der Waals surface area contributed by atoms with E-state index in [0.29, 0.717) is 12.4 Å². The fraction of sp³-hybridized carbons (Fsp3) is 0.100. The summed E-state index contributed by atoms with van der Waals surface area (Å²) in [6.45, 7) is 0.488. The first kappa shape index (κ1) is 8.62. The highest BCUT2D eigenvalue weighted by Crippen LogP contribution is 1.99. The Hall–Kier alpha value is -1.97. The summed E-state index contributed by atoms with van der Waals surface area (Å²) in [6.07, 6.45) is 1.68. The molecule has 0 atom stereocenters. The normalized spacial score (nSPS) is 10.0. The zero-order chi connectivity index (χ0) is 9.80. The second-order valence-electron chi connectivity index (χ2n) is 2.90. The van der Waals surface area contributed by atoms with Gasteiger partial charge in [-0.05, 0) is 5.56 Å². The average molecular weight is 189 g/mol. The van der Waals surface area contributed by atoms with Gasteiger partial charge in [0, 0.05) is 6.07 Å². The van der Waals surface area contributed by atoms with E-state index in [9.17, 15) is 0 Å². The van der Waals surface area contributed by atoms with Gasteiger partial charge in [0.1, 0.15) is 12.4 Å². The quantitative estimate of drug-likeness (QED) is 0.786. The molecule has 0 spiro atoms. The van der Waals surface area contributed by atoms with Gasteiger partial charge in [-0.2, -0.15) is 0 Å². The van der Waals surface area contributed by atoms with Crippen molar-refractivity contribution in [2.75, 3.05) is 5.73 Å². The fourth-order valence-electron chi connectivity index (χ4n) is 1.11. The Kier molecular flexibility index (Phi) is 2.36. The largest absolute Gasteiger partial charge is 0.392 e. The molecule has 0 fully saturated rings. The van der Waals surface area contributed by atoms with E-state index < -0.39 is 0 Å². The van der Waals surface area contributed by atoms with Crippen LogP contribution in [0.25, 0.3) is 0 Å². The van der Waals surface area contributed by atoms with Crippen molar-refractivity contribution in [3.05, 3.63) is 48.2 Å². The van der Waals surface area contributed by atoms with E-state index in [1.54, 1.807) is 12.3 Å². The van der Waals surface area contributed by atoms with Crippen LogP contribution in [-0.4, -0.2) is 9.94 Å². The maximum atomic E-state index is 5.44. The molecule has 72 valence electrons. The molecule has 1 aromatic heterocycles. The van der Waals surface area contributed by atoms with Gasteiger partial charge < -0.3 is 10.6 Å². The van der Waals surface area contributed by atoms with Gasteiger partial charge in [-0.1, -0.05) is 30.3 Å². The number of nitrogens with two attached hydrogens (primary N) is 1. The van der Waals surface area contributed by atoms with Crippen molar-refractivity contribution in [1.29, 1.82) is 0 Å². The fourth-order valence-corrected chi connectivity index (χ4v) is 1.11. The van der Waals surface area contributed by atoms with Crippen molar-refractivity contribution in [3.63, 3.8) is 0 Å². The molecule has 0 saturated heterocycles. The van der Waals surface area contributed by atoms with Crippen LogP contribution in [0.3, 0.4) is 0 Å². The first-order valence-corrected chi connectivity index (χ1v) is 4.33. The molecule has 14 heavy (non-hydrogen) atoms. The summed E-state index contributed by atoms with van der Waals surface area (Å²) in [7, 11) is 0. The Bertz CT molecular complexity index is 397. The van der Waals surface area contributed by atoms with Crippen LogP contribution < -0.4 is 10.6 Å².